The maximum atomic E-state index is 13.6. The number of ether oxygens (including phenoxy) is 2. The summed E-state index contributed by atoms with van der Waals surface area (Å²) in [6, 6.07) is 4.14. The number of nitrogens with zero attached hydrogens (tertiary/aromatic N) is 1. The highest BCUT2D eigenvalue weighted by atomic mass is 16.5. The van der Waals surface area contributed by atoms with Gasteiger partial charge in [0.2, 0.25) is 0 Å². The summed E-state index contributed by atoms with van der Waals surface area (Å²) in [6.07, 6.45) is 3.57. The maximum absolute atomic E-state index is 13.6. The van der Waals surface area contributed by atoms with Crippen molar-refractivity contribution in [3.05, 3.63) is 56.7 Å². The van der Waals surface area contributed by atoms with Gasteiger partial charge in [0.25, 0.3) is 11.5 Å². The van der Waals surface area contributed by atoms with Crippen LogP contribution in [-0.2, 0) is 11.3 Å². The first-order valence-electron chi connectivity index (χ1n) is 11.8. The SMILES string of the molecule is CCN(c1cc2occ(C)c2c(C(=O)NCc2c(OC)cc(C)[nH]c2=O)c1C)C1CCOCC1. The van der Waals surface area contributed by atoms with Crippen LogP contribution in [0.25, 0.3) is 11.0 Å². The van der Waals surface area contributed by atoms with Crippen LogP contribution in [0.5, 0.6) is 5.75 Å². The van der Waals surface area contributed by atoms with Crippen molar-refractivity contribution in [2.75, 3.05) is 31.8 Å². The smallest absolute Gasteiger partial charge is 0.256 e. The van der Waals surface area contributed by atoms with E-state index in [0.29, 0.717) is 34.2 Å². The molecule has 182 valence electrons. The van der Waals surface area contributed by atoms with Crippen molar-refractivity contribution in [1.29, 1.82) is 0 Å². The number of aryl methyl sites for hydroxylation is 2. The summed E-state index contributed by atoms with van der Waals surface area (Å²) in [7, 11) is 1.52. The first kappa shape index (κ1) is 23.9. The van der Waals surface area contributed by atoms with Crippen LogP contribution >= 0.6 is 0 Å². The Morgan fingerprint density at radius 1 is 1.24 bits per heavy atom. The lowest BCUT2D eigenvalue weighted by molar-refractivity contribution is 0.0846. The molecule has 8 nitrogen and oxygen atoms in total. The summed E-state index contributed by atoms with van der Waals surface area (Å²) in [6.45, 7) is 10.2. The highest BCUT2D eigenvalue weighted by Crippen LogP contribution is 2.36. The Morgan fingerprint density at radius 3 is 2.65 bits per heavy atom. The molecule has 4 rings (SSSR count). The summed E-state index contributed by atoms with van der Waals surface area (Å²) < 4.78 is 16.8. The van der Waals surface area contributed by atoms with Crippen LogP contribution in [0.4, 0.5) is 5.69 Å². The van der Waals surface area contributed by atoms with Gasteiger partial charge in [0.1, 0.15) is 11.3 Å². The van der Waals surface area contributed by atoms with Crippen molar-refractivity contribution in [3.63, 3.8) is 0 Å². The van der Waals surface area contributed by atoms with Crippen molar-refractivity contribution in [2.45, 2.75) is 53.1 Å². The number of H-pyrrole nitrogens is 1. The Morgan fingerprint density at radius 2 is 1.97 bits per heavy atom. The molecular formula is C26H33N3O5. The zero-order chi connectivity index (χ0) is 24.4. The first-order valence-corrected chi connectivity index (χ1v) is 11.8. The number of hydrogen-bond acceptors (Lipinski definition) is 6. The molecular weight excluding hydrogens is 434 g/mol. The van der Waals surface area contributed by atoms with Crippen LogP contribution in [0, 0.1) is 20.8 Å². The minimum atomic E-state index is -0.274. The van der Waals surface area contributed by atoms with Gasteiger partial charge in [-0.3, -0.25) is 9.59 Å². The van der Waals surface area contributed by atoms with Crippen LogP contribution in [0.15, 0.2) is 27.6 Å². The summed E-state index contributed by atoms with van der Waals surface area (Å²) in [5.41, 5.74) is 4.85. The number of anilines is 1. The Labute approximate surface area is 199 Å². The zero-order valence-corrected chi connectivity index (χ0v) is 20.5. The molecule has 0 bridgehead atoms. The van der Waals surface area contributed by atoms with E-state index in [9.17, 15) is 9.59 Å². The number of nitrogens with one attached hydrogen (secondary N) is 2. The van der Waals surface area contributed by atoms with Crippen molar-refractivity contribution < 1.29 is 18.7 Å². The van der Waals surface area contributed by atoms with Gasteiger partial charge in [-0.1, -0.05) is 0 Å². The van der Waals surface area contributed by atoms with Crippen LogP contribution in [0.2, 0.25) is 0 Å². The van der Waals surface area contributed by atoms with E-state index in [1.165, 1.54) is 7.11 Å². The number of aromatic nitrogens is 1. The molecule has 2 aromatic heterocycles. The fourth-order valence-electron chi connectivity index (χ4n) is 4.94. The number of hydrogen-bond donors (Lipinski definition) is 2. The number of methoxy groups -OCH3 is 1. The predicted molar refractivity (Wildman–Crippen MR) is 132 cm³/mol. The molecule has 34 heavy (non-hydrogen) atoms. The summed E-state index contributed by atoms with van der Waals surface area (Å²) in [5.74, 6) is 0.201. The number of aromatic amines is 1. The van der Waals surface area contributed by atoms with Gasteiger partial charge >= 0.3 is 0 Å². The molecule has 0 atom stereocenters. The molecule has 0 saturated carbocycles. The molecule has 3 aromatic rings. The Hall–Kier alpha value is -3.26. The largest absolute Gasteiger partial charge is 0.496 e. The molecule has 1 fully saturated rings. The Bertz CT molecular complexity index is 1250. The molecule has 1 aliphatic rings. The number of carbonyl (C=O) groups is 1. The molecule has 0 unspecified atom stereocenters. The number of furan rings is 1. The van der Waals surface area contributed by atoms with Gasteiger partial charge in [-0.2, -0.15) is 0 Å². The van der Waals surface area contributed by atoms with E-state index < -0.39 is 0 Å². The third-order valence-electron chi connectivity index (χ3n) is 6.66. The van der Waals surface area contributed by atoms with Gasteiger partial charge in [0.15, 0.2) is 0 Å². The van der Waals surface area contributed by atoms with Crippen LogP contribution in [-0.4, -0.2) is 43.8 Å². The Balaban J connectivity index is 1.73. The monoisotopic (exact) mass is 467 g/mol. The number of fused-ring (bicyclic) bond motifs is 1. The number of pyridine rings is 1. The summed E-state index contributed by atoms with van der Waals surface area (Å²) >= 11 is 0. The van der Waals surface area contributed by atoms with Crippen LogP contribution in [0.1, 0.15) is 52.5 Å². The van der Waals surface area contributed by atoms with E-state index in [1.807, 2.05) is 19.9 Å². The van der Waals surface area contributed by atoms with Gasteiger partial charge < -0.3 is 29.1 Å². The third kappa shape index (κ3) is 4.42. The molecule has 1 aliphatic heterocycles. The summed E-state index contributed by atoms with van der Waals surface area (Å²) in [4.78, 5) is 31.2. The van der Waals surface area contributed by atoms with Crippen molar-refractivity contribution >= 4 is 22.6 Å². The van der Waals surface area contributed by atoms with E-state index >= 15 is 0 Å². The number of rotatable bonds is 7. The third-order valence-corrected chi connectivity index (χ3v) is 6.66. The topological polar surface area (TPSA) is 96.8 Å². The predicted octanol–water partition coefficient (Wildman–Crippen LogP) is 3.99. The average Bonchev–Trinajstić information content (AvgIpc) is 3.19. The molecule has 1 saturated heterocycles. The minimum absolute atomic E-state index is 0.0527. The molecule has 0 aliphatic carbocycles. The minimum Gasteiger partial charge on any atom is -0.496 e. The van der Waals surface area contributed by atoms with E-state index in [1.54, 1.807) is 19.3 Å². The molecule has 3 heterocycles. The van der Waals surface area contributed by atoms with Gasteiger partial charge in [-0.05, 0) is 57.7 Å². The van der Waals surface area contributed by atoms with Crippen molar-refractivity contribution in [2.24, 2.45) is 0 Å². The van der Waals surface area contributed by atoms with Gasteiger partial charge in [0, 0.05) is 48.6 Å². The molecule has 8 heteroatoms. The normalized spacial score (nSPS) is 14.4. The van der Waals surface area contributed by atoms with E-state index in [0.717, 1.165) is 54.8 Å². The summed E-state index contributed by atoms with van der Waals surface area (Å²) in [5, 5.41) is 3.74. The molecule has 0 spiro atoms. The second-order valence-electron chi connectivity index (χ2n) is 8.83. The number of carbonyl (C=O) groups excluding carboxylic acids is 1. The van der Waals surface area contributed by atoms with Crippen LogP contribution < -0.4 is 20.5 Å². The van der Waals surface area contributed by atoms with Crippen molar-refractivity contribution in [3.8, 4) is 5.75 Å². The quantitative estimate of drug-likeness (QED) is 0.545. The van der Waals surface area contributed by atoms with Gasteiger partial charge in [-0.15, -0.1) is 0 Å². The van der Waals surface area contributed by atoms with E-state index in [2.05, 4.69) is 22.1 Å². The number of benzene rings is 1. The zero-order valence-electron chi connectivity index (χ0n) is 20.5. The average molecular weight is 468 g/mol. The second kappa shape index (κ2) is 9.93. The van der Waals surface area contributed by atoms with E-state index in [-0.39, 0.29) is 18.0 Å². The maximum Gasteiger partial charge on any atom is 0.256 e. The highest BCUT2D eigenvalue weighted by Gasteiger charge is 2.27. The molecule has 2 N–H and O–H groups in total. The fourth-order valence-corrected chi connectivity index (χ4v) is 4.94. The van der Waals surface area contributed by atoms with Crippen LogP contribution in [0.3, 0.4) is 0 Å². The lowest BCUT2D eigenvalue weighted by Gasteiger charge is -2.36. The highest BCUT2D eigenvalue weighted by molar-refractivity contribution is 6.10. The number of amides is 1. The van der Waals surface area contributed by atoms with Gasteiger partial charge in [0.05, 0.1) is 31.0 Å². The first-order chi connectivity index (χ1) is 16.3. The molecule has 1 aromatic carbocycles. The second-order valence-corrected chi connectivity index (χ2v) is 8.83. The lowest BCUT2D eigenvalue weighted by Crippen LogP contribution is -2.40. The lowest BCUT2D eigenvalue weighted by atomic mass is 9.96. The van der Waals surface area contributed by atoms with Crippen molar-refractivity contribution in [1.82, 2.24) is 10.3 Å². The molecule has 0 radical (unpaired) electrons. The molecule has 1 amide bonds. The van der Waals surface area contributed by atoms with E-state index in [4.69, 9.17) is 13.9 Å². The van der Waals surface area contributed by atoms with Gasteiger partial charge in [-0.25, -0.2) is 0 Å². The fraction of sp³-hybridized carbons (Fsp3) is 0.462. The standard InChI is InChI=1S/C26H33N3O5/c1-6-29(18-7-9-33-10-8-18)20-12-22-23(15(2)14-34-22)24(17(20)4)26(31)27-13-19-21(32-5)11-16(3)28-25(19)30/h11-12,14,18H,6-10,13H2,1-5H3,(H,27,31)(H,28,30). The Kier molecular flexibility index (Phi) is 6.97.